The molecule has 0 unspecified atom stereocenters. The molecule has 0 atom stereocenters. The van der Waals surface area contributed by atoms with Gasteiger partial charge in [-0.15, -0.1) is 0 Å². The summed E-state index contributed by atoms with van der Waals surface area (Å²) in [6.07, 6.45) is 2.62. The first-order valence-electron chi connectivity index (χ1n) is 8.11. The molecule has 1 aromatic heterocycles. The molecule has 4 nitrogen and oxygen atoms in total. The first kappa shape index (κ1) is 16.6. The Balaban J connectivity index is 1.84. The predicted molar refractivity (Wildman–Crippen MR) is 87.0 cm³/mol. The summed E-state index contributed by atoms with van der Waals surface area (Å²) < 4.78 is 28.6. The molecule has 1 aromatic carbocycles. The van der Waals surface area contributed by atoms with Gasteiger partial charge in [0.15, 0.2) is 5.82 Å². The van der Waals surface area contributed by atoms with Crippen molar-refractivity contribution in [3.8, 4) is 5.69 Å². The molecule has 128 valence electrons. The normalized spacial score (nSPS) is 14.0. The summed E-state index contributed by atoms with van der Waals surface area (Å²) in [4.78, 5) is 14.2. The van der Waals surface area contributed by atoms with Crippen molar-refractivity contribution < 1.29 is 13.6 Å². The molecule has 0 radical (unpaired) electrons. The number of amides is 1. The summed E-state index contributed by atoms with van der Waals surface area (Å²) in [6, 6.07) is 3.39. The summed E-state index contributed by atoms with van der Waals surface area (Å²) >= 11 is 0. The summed E-state index contributed by atoms with van der Waals surface area (Å²) in [5.41, 5.74) is 2.36. The Morgan fingerprint density at radius 2 is 2.04 bits per heavy atom. The van der Waals surface area contributed by atoms with Crippen LogP contribution in [0, 0.1) is 31.4 Å². The van der Waals surface area contributed by atoms with Gasteiger partial charge in [0, 0.05) is 30.9 Å². The standard InChI is InChI=1S/C18H21F2N3O/c1-11-15(9-18(24)22(3)10-13-4-5-13)12(2)23(21-11)17-7-6-14(19)8-16(17)20/h6-8,13H,4-5,9-10H2,1-3H3. The van der Waals surface area contributed by atoms with Gasteiger partial charge in [0.05, 0.1) is 12.1 Å². The van der Waals surface area contributed by atoms with Crippen LogP contribution in [0.3, 0.4) is 0 Å². The van der Waals surface area contributed by atoms with Crippen LogP contribution in [0.1, 0.15) is 29.8 Å². The fourth-order valence-corrected chi connectivity index (χ4v) is 2.89. The van der Waals surface area contributed by atoms with Gasteiger partial charge in [-0.3, -0.25) is 4.79 Å². The maximum absolute atomic E-state index is 14.0. The van der Waals surface area contributed by atoms with Gasteiger partial charge < -0.3 is 4.90 Å². The highest BCUT2D eigenvalue weighted by Gasteiger charge is 2.26. The highest BCUT2D eigenvalue weighted by atomic mass is 19.1. The first-order valence-corrected chi connectivity index (χ1v) is 8.11. The van der Waals surface area contributed by atoms with Gasteiger partial charge in [0.1, 0.15) is 11.5 Å². The van der Waals surface area contributed by atoms with Crippen LogP contribution < -0.4 is 0 Å². The number of hydrogen-bond acceptors (Lipinski definition) is 2. The van der Waals surface area contributed by atoms with E-state index in [2.05, 4.69) is 5.10 Å². The van der Waals surface area contributed by atoms with E-state index in [1.54, 1.807) is 18.7 Å². The summed E-state index contributed by atoms with van der Waals surface area (Å²) in [7, 11) is 1.81. The predicted octanol–water partition coefficient (Wildman–Crippen LogP) is 3.18. The number of halogens is 2. The molecule has 24 heavy (non-hydrogen) atoms. The Hall–Kier alpha value is -2.24. The molecule has 0 spiro atoms. The van der Waals surface area contributed by atoms with Gasteiger partial charge in [-0.1, -0.05) is 0 Å². The number of nitrogens with zero attached hydrogens (tertiary/aromatic N) is 3. The molecule has 1 aliphatic carbocycles. The number of benzene rings is 1. The van der Waals surface area contributed by atoms with Gasteiger partial charge in [-0.25, -0.2) is 13.5 Å². The third-order valence-electron chi connectivity index (χ3n) is 4.56. The molecular weight excluding hydrogens is 312 g/mol. The van der Waals surface area contributed by atoms with Gasteiger partial charge in [-0.05, 0) is 44.7 Å². The number of likely N-dealkylation sites (N-methyl/N-ethyl adjacent to an activating group) is 1. The van der Waals surface area contributed by atoms with Crippen molar-refractivity contribution >= 4 is 5.91 Å². The van der Waals surface area contributed by atoms with Crippen molar-refractivity contribution in [2.75, 3.05) is 13.6 Å². The number of aromatic nitrogens is 2. The Kier molecular flexibility index (Phi) is 4.39. The molecule has 0 saturated heterocycles. The fourth-order valence-electron chi connectivity index (χ4n) is 2.89. The Morgan fingerprint density at radius 1 is 1.33 bits per heavy atom. The maximum Gasteiger partial charge on any atom is 0.226 e. The zero-order valence-corrected chi connectivity index (χ0v) is 14.1. The monoisotopic (exact) mass is 333 g/mol. The van der Waals surface area contributed by atoms with Gasteiger partial charge >= 0.3 is 0 Å². The zero-order valence-electron chi connectivity index (χ0n) is 14.1. The number of carbonyl (C=O) groups excluding carboxylic acids is 1. The van der Waals surface area contributed by atoms with Crippen molar-refractivity contribution in [2.45, 2.75) is 33.1 Å². The number of hydrogen-bond donors (Lipinski definition) is 0. The van der Waals surface area contributed by atoms with Crippen LogP contribution in [0.15, 0.2) is 18.2 Å². The van der Waals surface area contributed by atoms with Crippen molar-refractivity contribution in [1.82, 2.24) is 14.7 Å². The van der Waals surface area contributed by atoms with E-state index in [9.17, 15) is 13.6 Å². The fraction of sp³-hybridized carbons (Fsp3) is 0.444. The smallest absolute Gasteiger partial charge is 0.226 e. The highest BCUT2D eigenvalue weighted by Crippen LogP contribution is 2.29. The molecule has 1 aliphatic rings. The van der Waals surface area contributed by atoms with E-state index in [1.165, 1.54) is 29.7 Å². The Bertz CT molecular complexity index is 781. The number of rotatable bonds is 5. The number of aryl methyl sites for hydroxylation is 1. The minimum Gasteiger partial charge on any atom is -0.345 e. The summed E-state index contributed by atoms with van der Waals surface area (Å²) in [6.45, 7) is 4.39. The van der Waals surface area contributed by atoms with E-state index in [-0.39, 0.29) is 18.0 Å². The van der Waals surface area contributed by atoms with Crippen molar-refractivity contribution in [3.05, 3.63) is 46.8 Å². The van der Waals surface area contributed by atoms with Crippen LogP contribution in [0.4, 0.5) is 8.78 Å². The third-order valence-corrected chi connectivity index (χ3v) is 4.56. The Labute approximate surface area is 140 Å². The van der Waals surface area contributed by atoms with Gasteiger partial charge in [-0.2, -0.15) is 5.10 Å². The molecule has 0 bridgehead atoms. The molecule has 0 N–H and O–H groups in total. The van der Waals surface area contributed by atoms with Crippen LogP contribution in [0.25, 0.3) is 5.69 Å². The zero-order chi connectivity index (χ0) is 17.4. The molecule has 1 heterocycles. The van der Waals surface area contributed by atoms with E-state index in [0.717, 1.165) is 18.2 Å². The van der Waals surface area contributed by atoms with Crippen LogP contribution in [-0.4, -0.2) is 34.2 Å². The Morgan fingerprint density at radius 3 is 2.67 bits per heavy atom. The average Bonchev–Trinajstić information content (AvgIpc) is 3.29. The molecule has 1 amide bonds. The van der Waals surface area contributed by atoms with Gasteiger partial charge in [0.25, 0.3) is 0 Å². The molecule has 3 rings (SSSR count). The topological polar surface area (TPSA) is 38.1 Å². The van der Waals surface area contributed by atoms with E-state index in [0.29, 0.717) is 17.3 Å². The second-order valence-electron chi connectivity index (χ2n) is 6.55. The second-order valence-corrected chi connectivity index (χ2v) is 6.55. The molecule has 1 fully saturated rings. The SMILES string of the molecule is Cc1nn(-c2ccc(F)cc2F)c(C)c1CC(=O)N(C)CC1CC1. The number of carbonyl (C=O) groups is 1. The van der Waals surface area contributed by atoms with Crippen molar-refractivity contribution in [3.63, 3.8) is 0 Å². The van der Waals surface area contributed by atoms with Crippen LogP contribution in [-0.2, 0) is 11.2 Å². The minimum atomic E-state index is -0.677. The molecule has 0 aliphatic heterocycles. The minimum absolute atomic E-state index is 0.0345. The second kappa shape index (κ2) is 6.34. The lowest BCUT2D eigenvalue weighted by atomic mass is 10.1. The lowest BCUT2D eigenvalue weighted by Crippen LogP contribution is -2.30. The molecule has 6 heteroatoms. The van der Waals surface area contributed by atoms with Crippen LogP contribution in [0.2, 0.25) is 0 Å². The first-order chi connectivity index (χ1) is 11.4. The lowest BCUT2D eigenvalue weighted by molar-refractivity contribution is -0.129. The largest absolute Gasteiger partial charge is 0.345 e. The molecule has 2 aromatic rings. The van der Waals surface area contributed by atoms with E-state index in [1.807, 2.05) is 7.05 Å². The van der Waals surface area contributed by atoms with Gasteiger partial charge in [0.2, 0.25) is 5.91 Å². The van der Waals surface area contributed by atoms with E-state index >= 15 is 0 Å². The summed E-state index contributed by atoms with van der Waals surface area (Å²) in [5, 5.41) is 4.34. The van der Waals surface area contributed by atoms with E-state index < -0.39 is 11.6 Å². The maximum atomic E-state index is 14.0. The van der Waals surface area contributed by atoms with Crippen molar-refractivity contribution in [2.24, 2.45) is 5.92 Å². The van der Waals surface area contributed by atoms with Crippen LogP contribution in [0.5, 0.6) is 0 Å². The quantitative estimate of drug-likeness (QED) is 0.843. The lowest BCUT2D eigenvalue weighted by Gasteiger charge is -2.16. The van der Waals surface area contributed by atoms with Crippen molar-refractivity contribution in [1.29, 1.82) is 0 Å². The summed E-state index contributed by atoms with van der Waals surface area (Å²) in [5.74, 6) is -0.636. The third kappa shape index (κ3) is 3.32. The molecule has 1 saturated carbocycles. The molecular formula is C18H21F2N3O. The highest BCUT2D eigenvalue weighted by molar-refractivity contribution is 5.79. The van der Waals surface area contributed by atoms with Crippen LogP contribution >= 0.6 is 0 Å². The van der Waals surface area contributed by atoms with E-state index in [4.69, 9.17) is 0 Å². The average molecular weight is 333 g/mol.